The summed E-state index contributed by atoms with van der Waals surface area (Å²) in [5.74, 6) is -2.24. The topological polar surface area (TPSA) is 342 Å². The fraction of sp³-hybridized carbons (Fsp3) is 0.862. The van der Waals surface area contributed by atoms with Gasteiger partial charge in [-0.1, -0.05) is 13.0 Å². The standard InChI is InChI=1S/C29H50N2O21S3/c1-4-31-18(32)7-5-6-9-53-10-8-30-11-15-20(34)24(17(48-15)13-47-55(42,43)44)50-29-22(36)21(35)25(26(52-29)27(37)38)51-28-14(2)19(33)23(45-3)16(49-28)12-46-54(39,40)41/h6,9,14-17,19-26,28-30,33-36H,4-5,7-8,10-13H2,1-3H3,(H,31,32)(H,37,38)(H,39,40,41)(H,42,43,44)/b9-6+/t14?,15-,16?,17+,19+,20?,21+,22?,23+,24-,25-,26?,28-,29+/m0/s1. The number of aliphatic hydroxyl groups excluding tert-OH is 4. The van der Waals surface area contributed by atoms with Crippen LogP contribution in [-0.4, -0.2) is 189 Å². The van der Waals surface area contributed by atoms with Gasteiger partial charge in [0.15, 0.2) is 18.7 Å². The van der Waals surface area contributed by atoms with E-state index in [0.717, 1.165) is 0 Å². The lowest BCUT2D eigenvalue weighted by Gasteiger charge is -2.46. The number of nitrogens with one attached hydrogen (secondary N) is 2. The van der Waals surface area contributed by atoms with Gasteiger partial charge in [0.1, 0.15) is 48.8 Å². The summed E-state index contributed by atoms with van der Waals surface area (Å²) in [7, 11) is -8.78. The molecule has 3 heterocycles. The average Bonchev–Trinajstić information content (AvgIpc) is 3.39. The van der Waals surface area contributed by atoms with Crippen molar-refractivity contribution >= 4 is 44.4 Å². The molecule has 0 bridgehead atoms. The Kier molecular flexibility index (Phi) is 19.0. The number of amides is 1. The molecule has 0 saturated carbocycles. The van der Waals surface area contributed by atoms with Crippen molar-refractivity contribution in [1.82, 2.24) is 10.6 Å². The molecule has 0 radical (unpaired) electrons. The summed E-state index contributed by atoms with van der Waals surface area (Å²) in [4.78, 5) is 23.9. The van der Waals surface area contributed by atoms with Gasteiger partial charge in [-0.25, -0.2) is 13.2 Å². The molecular weight excluding hydrogens is 809 g/mol. The molecule has 26 heteroatoms. The number of carboxylic acids is 1. The first-order valence-corrected chi connectivity index (χ1v) is 20.8. The Morgan fingerprint density at radius 3 is 2.02 bits per heavy atom. The zero-order valence-electron chi connectivity index (χ0n) is 30.0. The zero-order chi connectivity index (χ0) is 41.1. The molecule has 0 aromatic carbocycles. The Bertz CT molecular complexity index is 1470. The van der Waals surface area contributed by atoms with Crippen LogP contribution in [0.15, 0.2) is 11.5 Å². The van der Waals surface area contributed by atoms with Crippen LogP contribution in [0.2, 0.25) is 0 Å². The lowest BCUT2D eigenvalue weighted by Crippen LogP contribution is -2.65. The van der Waals surface area contributed by atoms with Gasteiger partial charge in [-0.2, -0.15) is 16.8 Å². The van der Waals surface area contributed by atoms with E-state index in [4.69, 9.17) is 37.5 Å². The normalized spacial score (nSPS) is 35.9. The Balaban J connectivity index is 1.66. The van der Waals surface area contributed by atoms with Crippen LogP contribution in [0, 0.1) is 5.92 Å². The second-order valence-corrected chi connectivity index (χ2v) is 15.8. The smallest absolute Gasteiger partial charge is 0.397 e. The van der Waals surface area contributed by atoms with Gasteiger partial charge in [-0.3, -0.25) is 13.9 Å². The third-order valence-electron chi connectivity index (χ3n) is 8.67. The Labute approximate surface area is 321 Å². The first kappa shape index (κ1) is 47.7. The number of aliphatic carboxylic acids is 1. The predicted octanol–water partition coefficient (Wildman–Crippen LogP) is -3.46. The molecule has 1 amide bonds. The first-order valence-electron chi connectivity index (χ1n) is 17.0. The number of aliphatic hydroxyl groups is 4. The van der Waals surface area contributed by atoms with Crippen LogP contribution in [0.4, 0.5) is 0 Å². The Morgan fingerprint density at radius 2 is 1.44 bits per heavy atom. The lowest BCUT2D eigenvalue weighted by atomic mass is 9.91. The van der Waals surface area contributed by atoms with E-state index in [1.54, 1.807) is 0 Å². The average molecular weight is 859 g/mol. The molecule has 0 aromatic rings. The van der Waals surface area contributed by atoms with Crippen LogP contribution in [0.3, 0.4) is 0 Å². The van der Waals surface area contributed by atoms with E-state index < -0.39 is 126 Å². The maximum absolute atomic E-state index is 12.4. The highest BCUT2D eigenvalue weighted by Crippen LogP contribution is 2.35. The lowest BCUT2D eigenvalue weighted by molar-refractivity contribution is -0.353. The molecule has 0 aliphatic carbocycles. The van der Waals surface area contributed by atoms with E-state index in [9.17, 15) is 52.0 Å². The van der Waals surface area contributed by atoms with Gasteiger partial charge in [0.2, 0.25) is 5.91 Å². The molecule has 23 nitrogen and oxygen atoms in total. The number of carboxylic acid groups (broad SMARTS) is 1. The van der Waals surface area contributed by atoms with Crippen molar-refractivity contribution in [2.24, 2.45) is 5.92 Å². The summed E-state index contributed by atoms with van der Waals surface area (Å²) in [5, 5.41) is 61.6. The van der Waals surface area contributed by atoms with Gasteiger partial charge in [0.25, 0.3) is 0 Å². The minimum absolute atomic E-state index is 0.0130. The number of hydrogen-bond donors (Lipinski definition) is 9. The van der Waals surface area contributed by atoms with E-state index in [0.29, 0.717) is 31.7 Å². The quantitative estimate of drug-likeness (QED) is 0.0377. The fourth-order valence-corrected chi connectivity index (χ4v) is 7.20. The van der Waals surface area contributed by atoms with Gasteiger partial charge >= 0.3 is 26.8 Å². The van der Waals surface area contributed by atoms with Crippen molar-refractivity contribution in [3.63, 3.8) is 0 Å². The zero-order valence-corrected chi connectivity index (χ0v) is 32.4. The summed E-state index contributed by atoms with van der Waals surface area (Å²) < 4.78 is 105. The molecule has 0 aromatic heterocycles. The summed E-state index contributed by atoms with van der Waals surface area (Å²) in [5.41, 5.74) is 0. The molecule has 3 saturated heterocycles. The number of thioether (sulfide) groups is 1. The number of ether oxygens (including phenoxy) is 6. The number of methoxy groups -OCH3 is 1. The van der Waals surface area contributed by atoms with Crippen LogP contribution in [0.25, 0.3) is 0 Å². The highest BCUT2D eigenvalue weighted by Gasteiger charge is 2.55. The molecule has 0 spiro atoms. The molecular formula is C29H50N2O21S3. The first-order chi connectivity index (χ1) is 25.8. The van der Waals surface area contributed by atoms with Crippen LogP contribution in [-0.2, 0) is 67.2 Å². The Hall–Kier alpha value is -1.67. The van der Waals surface area contributed by atoms with Gasteiger partial charge in [-0.05, 0) is 18.8 Å². The van der Waals surface area contributed by atoms with Gasteiger partial charge in [0.05, 0.1) is 25.4 Å². The van der Waals surface area contributed by atoms with E-state index in [2.05, 4.69) is 19.0 Å². The van der Waals surface area contributed by atoms with Crippen molar-refractivity contribution in [3.8, 4) is 0 Å². The van der Waals surface area contributed by atoms with E-state index >= 15 is 0 Å². The number of rotatable bonds is 22. The number of allylic oxidation sites excluding steroid dienone is 1. The molecule has 3 aliphatic rings. The van der Waals surface area contributed by atoms with Crippen molar-refractivity contribution in [3.05, 3.63) is 11.5 Å². The van der Waals surface area contributed by atoms with Crippen LogP contribution < -0.4 is 10.6 Å². The maximum atomic E-state index is 12.4. The molecule has 9 N–H and O–H groups in total. The highest BCUT2D eigenvalue weighted by molar-refractivity contribution is 8.02. The van der Waals surface area contributed by atoms with E-state index in [1.165, 1.54) is 25.8 Å². The van der Waals surface area contributed by atoms with Gasteiger partial charge in [0, 0.05) is 44.8 Å². The monoisotopic (exact) mass is 858 g/mol. The largest absolute Gasteiger partial charge is 0.479 e. The van der Waals surface area contributed by atoms with E-state index in [-0.39, 0.29) is 12.5 Å². The molecule has 3 rings (SSSR count). The second kappa shape index (κ2) is 21.9. The van der Waals surface area contributed by atoms with Gasteiger partial charge in [-0.15, -0.1) is 11.8 Å². The molecule has 3 aliphatic heterocycles. The Morgan fingerprint density at radius 1 is 0.818 bits per heavy atom. The van der Waals surface area contributed by atoms with Crippen LogP contribution >= 0.6 is 11.8 Å². The molecule has 5 unspecified atom stereocenters. The third-order valence-corrected chi connectivity index (χ3v) is 10.4. The van der Waals surface area contributed by atoms with Crippen molar-refractivity contribution < 1.29 is 97.9 Å². The highest BCUT2D eigenvalue weighted by atomic mass is 32.3. The number of carbonyl (C=O) groups is 2. The van der Waals surface area contributed by atoms with Crippen molar-refractivity contribution in [1.29, 1.82) is 0 Å². The minimum Gasteiger partial charge on any atom is -0.479 e. The summed E-state index contributed by atoms with van der Waals surface area (Å²) in [6.07, 6.45) is -18.9. The van der Waals surface area contributed by atoms with Crippen LogP contribution in [0.5, 0.6) is 0 Å². The van der Waals surface area contributed by atoms with Crippen LogP contribution in [0.1, 0.15) is 26.7 Å². The molecule has 55 heavy (non-hydrogen) atoms. The van der Waals surface area contributed by atoms with Crippen molar-refractivity contribution in [2.45, 2.75) is 106 Å². The van der Waals surface area contributed by atoms with Gasteiger partial charge < -0.3 is 64.6 Å². The fourth-order valence-electron chi connectivity index (χ4n) is 5.92. The molecule has 3 fully saturated rings. The SMILES string of the molecule is CCNC(=O)CC/C=C/SCCNC[C@@H]1O[C@H](COS(=O)(=O)O)[C@H](O[C@@H]2OC(C(=O)O)[C@@H](O[C@@H]3OC(COS(=O)(=O)O)[C@@H](OC)[C@H](O)C3C)[C@H](O)C2O)C1O. The summed E-state index contributed by atoms with van der Waals surface area (Å²) in [6.45, 7) is 2.41. The molecule has 14 atom stereocenters. The predicted molar refractivity (Wildman–Crippen MR) is 185 cm³/mol. The molecule has 320 valence electrons. The number of carbonyl (C=O) groups excluding carboxylic acids is 1. The summed E-state index contributed by atoms with van der Waals surface area (Å²) >= 11 is 1.45. The third kappa shape index (κ3) is 14.6. The van der Waals surface area contributed by atoms with E-state index in [1.807, 2.05) is 18.4 Å². The summed E-state index contributed by atoms with van der Waals surface area (Å²) in [6, 6.07) is 0. The second-order valence-electron chi connectivity index (χ2n) is 12.6. The number of hydrogen-bond acceptors (Lipinski definition) is 20. The minimum atomic E-state index is -5.00. The maximum Gasteiger partial charge on any atom is 0.397 e. The van der Waals surface area contributed by atoms with Crippen molar-refractivity contribution in [2.75, 3.05) is 45.7 Å².